The second-order valence-corrected chi connectivity index (χ2v) is 7.65. The van der Waals surface area contributed by atoms with E-state index in [1.165, 1.54) is 0 Å². The number of methoxy groups -OCH3 is 3. The van der Waals surface area contributed by atoms with E-state index in [1.54, 1.807) is 33.5 Å². The minimum Gasteiger partial charge on any atom is -0.493 e. The van der Waals surface area contributed by atoms with E-state index in [2.05, 4.69) is 30.3 Å². The predicted molar refractivity (Wildman–Crippen MR) is 126 cm³/mol. The molecule has 0 bridgehead atoms. The van der Waals surface area contributed by atoms with E-state index in [1.807, 2.05) is 35.2 Å². The van der Waals surface area contributed by atoms with E-state index in [9.17, 15) is 4.79 Å². The van der Waals surface area contributed by atoms with Gasteiger partial charge in [-0.2, -0.15) is 0 Å². The molecule has 5 heteroatoms. The minimum absolute atomic E-state index is 0.158. The Morgan fingerprint density at radius 1 is 0.781 bits per heavy atom. The summed E-state index contributed by atoms with van der Waals surface area (Å²) in [6.07, 6.45) is 0.773. The molecule has 5 nitrogen and oxygen atoms in total. The molecular formula is C27H23NO4. The second-order valence-electron chi connectivity index (χ2n) is 7.65. The lowest BCUT2D eigenvalue weighted by Gasteiger charge is -2.33. The average molecular weight is 425 g/mol. The van der Waals surface area contributed by atoms with Crippen LogP contribution in [0.1, 0.15) is 21.5 Å². The van der Waals surface area contributed by atoms with Gasteiger partial charge in [-0.25, -0.2) is 0 Å². The van der Waals surface area contributed by atoms with Crippen LogP contribution in [0.15, 0.2) is 72.8 Å². The number of carbonyl (C=O) groups excluding carboxylic acids is 1. The maximum absolute atomic E-state index is 14.1. The fraction of sp³-hybridized carbons (Fsp3) is 0.148. The first-order valence-electron chi connectivity index (χ1n) is 10.4. The lowest BCUT2D eigenvalue weighted by atomic mass is 9.91. The van der Waals surface area contributed by atoms with Crippen LogP contribution in [0.3, 0.4) is 0 Å². The van der Waals surface area contributed by atoms with Crippen LogP contribution in [0.4, 0.5) is 11.4 Å². The van der Waals surface area contributed by atoms with Crippen molar-refractivity contribution in [3.8, 4) is 17.2 Å². The zero-order valence-electron chi connectivity index (χ0n) is 18.2. The molecule has 1 aliphatic heterocycles. The maximum Gasteiger partial charge on any atom is 0.263 e. The molecular weight excluding hydrogens is 402 g/mol. The molecule has 0 aromatic heterocycles. The molecule has 0 aliphatic carbocycles. The quantitative estimate of drug-likeness (QED) is 0.418. The molecule has 32 heavy (non-hydrogen) atoms. The van der Waals surface area contributed by atoms with E-state index < -0.39 is 0 Å². The van der Waals surface area contributed by atoms with E-state index in [0.29, 0.717) is 22.8 Å². The maximum atomic E-state index is 14.1. The Hall–Kier alpha value is -3.99. The second kappa shape index (κ2) is 7.93. The van der Waals surface area contributed by atoms with Gasteiger partial charge in [0.1, 0.15) is 0 Å². The number of nitrogens with zero attached hydrogens (tertiary/aromatic N) is 1. The van der Waals surface area contributed by atoms with Gasteiger partial charge in [0.05, 0.1) is 32.7 Å². The number of hydrogen-bond acceptors (Lipinski definition) is 4. The summed E-state index contributed by atoms with van der Waals surface area (Å²) in [5, 5.41) is 2.13. The zero-order chi connectivity index (χ0) is 22.2. The summed E-state index contributed by atoms with van der Waals surface area (Å²) in [4.78, 5) is 15.9. The number of carbonyl (C=O) groups is 1. The molecule has 1 amide bonds. The van der Waals surface area contributed by atoms with Gasteiger partial charge in [0.25, 0.3) is 5.91 Å². The van der Waals surface area contributed by atoms with E-state index in [-0.39, 0.29) is 5.91 Å². The van der Waals surface area contributed by atoms with Gasteiger partial charge in [0, 0.05) is 17.4 Å². The van der Waals surface area contributed by atoms with Crippen LogP contribution in [0, 0.1) is 0 Å². The van der Waals surface area contributed by atoms with Crippen LogP contribution in [-0.2, 0) is 6.42 Å². The standard InChI is InChI=1S/C27H23NO4/c1-30-23-15-20(16-24(31-2)26(23)32-3)27(29)28-22-11-7-5-9-18(22)14-19-13-12-17-8-4-6-10-21(17)25(19)28/h4-13,15-16H,14H2,1-3H3. The van der Waals surface area contributed by atoms with Gasteiger partial charge in [-0.3, -0.25) is 9.69 Å². The molecule has 1 aliphatic rings. The topological polar surface area (TPSA) is 48.0 Å². The third-order valence-electron chi connectivity index (χ3n) is 5.94. The highest BCUT2D eigenvalue weighted by Crippen LogP contribution is 2.45. The van der Waals surface area contributed by atoms with Crippen molar-refractivity contribution in [2.75, 3.05) is 26.2 Å². The third-order valence-corrected chi connectivity index (χ3v) is 5.94. The van der Waals surface area contributed by atoms with Crippen LogP contribution in [0.25, 0.3) is 10.8 Å². The summed E-state index contributed by atoms with van der Waals surface area (Å²) < 4.78 is 16.4. The van der Waals surface area contributed by atoms with Crippen molar-refractivity contribution in [2.45, 2.75) is 6.42 Å². The Labute approximate surface area is 186 Å². The van der Waals surface area contributed by atoms with Crippen LogP contribution in [0.5, 0.6) is 17.2 Å². The van der Waals surface area contributed by atoms with Crippen molar-refractivity contribution in [1.82, 2.24) is 0 Å². The highest BCUT2D eigenvalue weighted by Gasteiger charge is 2.31. The SMILES string of the molecule is COc1cc(C(=O)N2c3ccccc3Cc3ccc4ccccc4c32)cc(OC)c1OC. The number of fused-ring (bicyclic) bond motifs is 4. The van der Waals surface area contributed by atoms with Crippen LogP contribution in [0.2, 0.25) is 0 Å². The Morgan fingerprint density at radius 2 is 1.47 bits per heavy atom. The molecule has 5 rings (SSSR count). The van der Waals surface area contributed by atoms with E-state index in [0.717, 1.165) is 39.7 Å². The summed E-state index contributed by atoms with van der Waals surface area (Å²) in [6, 6.07) is 23.8. The van der Waals surface area contributed by atoms with Crippen molar-refractivity contribution >= 4 is 28.1 Å². The van der Waals surface area contributed by atoms with Crippen molar-refractivity contribution < 1.29 is 19.0 Å². The van der Waals surface area contributed by atoms with E-state index >= 15 is 0 Å². The van der Waals surface area contributed by atoms with Crippen LogP contribution in [-0.4, -0.2) is 27.2 Å². The van der Waals surface area contributed by atoms with Crippen molar-refractivity contribution in [3.05, 3.63) is 89.5 Å². The van der Waals surface area contributed by atoms with Gasteiger partial charge in [-0.05, 0) is 34.7 Å². The van der Waals surface area contributed by atoms with Crippen molar-refractivity contribution in [2.24, 2.45) is 0 Å². The number of rotatable bonds is 4. The molecule has 0 N–H and O–H groups in total. The number of amides is 1. The highest BCUT2D eigenvalue weighted by atomic mass is 16.5. The molecule has 0 atom stereocenters. The molecule has 160 valence electrons. The monoisotopic (exact) mass is 425 g/mol. The molecule has 0 fully saturated rings. The number of anilines is 2. The molecule has 0 saturated heterocycles. The third kappa shape index (κ3) is 3.05. The Morgan fingerprint density at radius 3 is 2.19 bits per heavy atom. The zero-order valence-corrected chi connectivity index (χ0v) is 18.2. The highest BCUT2D eigenvalue weighted by molar-refractivity contribution is 6.17. The first-order chi connectivity index (χ1) is 15.7. The first-order valence-corrected chi connectivity index (χ1v) is 10.4. The number of hydrogen-bond donors (Lipinski definition) is 0. The van der Waals surface area contributed by atoms with Crippen LogP contribution >= 0.6 is 0 Å². The van der Waals surface area contributed by atoms with Gasteiger partial charge in [-0.15, -0.1) is 0 Å². The van der Waals surface area contributed by atoms with Gasteiger partial charge >= 0.3 is 0 Å². The smallest absolute Gasteiger partial charge is 0.263 e. The lowest BCUT2D eigenvalue weighted by Crippen LogP contribution is -2.30. The summed E-state index contributed by atoms with van der Waals surface area (Å²) in [5.41, 5.74) is 4.48. The molecule has 0 radical (unpaired) electrons. The fourth-order valence-corrected chi connectivity index (χ4v) is 4.46. The molecule has 4 aromatic rings. The molecule has 0 unspecified atom stereocenters. The summed E-state index contributed by atoms with van der Waals surface area (Å²) in [7, 11) is 4.64. The fourth-order valence-electron chi connectivity index (χ4n) is 4.46. The molecule has 0 spiro atoms. The summed E-state index contributed by atoms with van der Waals surface area (Å²) >= 11 is 0. The molecule has 0 saturated carbocycles. The summed E-state index contributed by atoms with van der Waals surface area (Å²) in [5.74, 6) is 1.18. The number of para-hydroxylation sites is 1. The van der Waals surface area contributed by atoms with Gasteiger partial charge in [0.15, 0.2) is 11.5 Å². The summed E-state index contributed by atoms with van der Waals surface area (Å²) in [6.45, 7) is 0. The van der Waals surface area contributed by atoms with Crippen molar-refractivity contribution in [1.29, 1.82) is 0 Å². The van der Waals surface area contributed by atoms with E-state index in [4.69, 9.17) is 14.2 Å². The van der Waals surface area contributed by atoms with Crippen molar-refractivity contribution in [3.63, 3.8) is 0 Å². The van der Waals surface area contributed by atoms with Gasteiger partial charge < -0.3 is 14.2 Å². The molecule has 4 aromatic carbocycles. The Bertz CT molecular complexity index is 1320. The Kier molecular flexibility index (Phi) is 4.94. The van der Waals surface area contributed by atoms with Gasteiger partial charge in [0.2, 0.25) is 5.75 Å². The number of benzene rings is 4. The van der Waals surface area contributed by atoms with Gasteiger partial charge in [-0.1, -0.05) is 54.6 Å². The first kappa shape index (κ1) is 19.9. The Balaban J connectivity index is 1.75. The number of ether oxygens (including phenoxy) is 3. The van der Waals surface area contributed by atoms with Crippen LogP contribution < -0.4 is 19.1 Å². The lowest BCUT2D eigenvalue weighted by molar-refractivity contribution is 0.0998. The largest absolute Gasteiger partial charge is 0.493 e. The normalized spacial score (nSPS) is 12.2. The predicted octanol–water partition coefficient (Wildman–Crippen LogP) is 5.75. The molecule has 1 heterocycles. The average Bonchev–Trinajstić information content (AvgIpc) is 2.85. The minimum atomic E-state index is -0.158.